The normalized spacial score (nSPS) is 12.1. The zero-order valence-corrected chi connectivity index (χ0v) is 17.1. The molecule has 0 bridgehead atoms. The lowest BCUT2D eigenvalue weighted by molar-refractivity contribution is 0.445. The summed E-state index contributed by atoms with van der Waals surface area (Å²) in [7, 11) is -7.49. The lowest BCUT2D eigenvalue weighted by atomic mass is 10.3. The van der Waals surface area contributed by atoms with Gasteiger partial charge in [0.25, 0.3) is 10.0 Å². The van der Waals surface area contributed by atoms with Gasteiger partial charge in [0.15, 0.2) is 0 Å². The summed E-state index contributed by atoms with van der Waals surface area (Å²) in [5, 5.41) is 0. The summed E-state index contributed by atoms with van der Waals surface area (Å²) >= 11 is 0. The molecular weight excluding hydrogens is 384 g/mol. The predicted molar refractivity (Wildman–Crippen MR) is 108 cm³/mol. The molecule has 0 aliphatic heterocycles. The third kappa shape index (κ3) is 4.40. The molecule has 0 aliphatic carbocycles. The van der Waals surface area contributed by atoms with Crippen molar-refractivity contribution in [2.24, 2.45) is 0 Å². The molecule has 0 saturated carbocycles. The average molecular weight is 409 g/mol. The van der Waals surface area contributed by atoms with E-state index < -0.39 is 20.0 Å². The molecule has 27 heavy (non-hydrogen) atoms. The molecule has 0 unspecified atom stereocenters. The van der Waals surface area contributed by atoms with E-state index in [4.69, 9.17) is 0 Å². The predicted octanol–water partition coefficient (Wildman–Crippen LogP) is 3.10. The van der Waals surface area contributed by atoms with Gasteiger partial charge >= 0.3 is 0 Å². The summed E-state index contributed by atoms with van der Waals surface area (Å²) < 4.78 is 53.8. The van der Waals surface area contributed by atoms with Gasteiger partial charge in [-0.25, -0.2) is 16.8 Å². The second kappa shape index (κ2) is 8.69. The molecule has 8 heteroatoms. The average Bonchev–Trinajstić information content (AvgIpc) is 2.67. The van der Waals surface area contributed by atoms with Crippen molar-refractivity contribution in [1.29, 1.82) is 0 Å². The van der Waals surface area contributed by atoms with Gasteiger partial charge in [0, 0.05) is 13.1 Å². The van der Waals surface area contributed by atoms with Crippen LogP contribution in [0.2, 0.25) is 0 Å². The van der Waals surface area contributed by atoms with Gasteiger partial charge < -0.3 is 0 Å². The molecule has 0 aromatic heterocycles. The minimum absolute atomic E-state index is 0.0201. The van der Waals surface area contributed by atoms with E-state index in [0.717, 1.165) is 0 Å². The van der Waals surface area contributed by atoms with Crippen LogP contribution in [-0.4, -0.2) is 40.8 Å². The Balaban J connectivity index is 2.43. The van der Waals surface area contributed by atoms with Crippen LogP contribution in [0, 0.1) is 0 Å². The molecule has 0 spiro atoms. The number of sulfonamides is 2. The zero-order chi connectivity index (χ0) is 20.1. The number of anilines is 1. The Labute approximate surface area is 161 Å². The molecule has 2 aromatic carbocycles. The molecule has 0 N–H and O–H groups in total. The number of hydrogen-bond acceptors (Lipinski definition) is 4. The van der Waals surface area contributed by atoms with Gasteiger partial charge in [-0.3, -0.25) is 4.31 Å². The van der Waals surface area contributed by atoms with E-state index in [1.165, 1.54) is 39.0 Å². The summed E-state index contributed by atoms with van der Waals surface area (Å²) in [5.41, 5.74) is 0.511. The van der Waals surface area contributed by atoms with Crippen LogP contribution < -0.4 is 4.31 Å². The highest BCUT2D eigenvalue weighted by Crippen LogP contribution is 2.25. The molecule has 2 rings (SSSR count). The monoisotopic (exact) mass is 408 g/mol. The summed E-state index contributed by atoms with van der Waals surface area (Å²) in [5.74, 6) is 0. The van der Waals surface area contributed by atoms with Gasteiger partial charge in [0.05, 0.1) is 22.0 Å². The van der Waals surface area contributed by atoms with Crippen molar-refractivity contribution in [3.05, 3.63) is 67.3 Å². The van der Waals surface area contributed by atoms with E-state index >= 15 is 0 Å². The third-order valence-corrected chi connectivity index (χ3v) is 7.97. The number of para-hydroxylation sites is 1. The molecule has 146 valence electrons. The fraction of sp³-hybridized carbons (Fsp3) is 0.263. The van der Waals surface area contributed by atoms with Gasteiger partial charge in [-0.2, -0.15) is 4.31 Å². The first-order chi connectivity index (χ1) is 12.8. The van der Waals surface area contributed by atoms with Gasteiger partial charge in [-0.1, -0.05) is 38.1 Å². The first-order valence-corrected chi connectivity index (χ1v) is 11.5. The highest BCUT2D eigenvalue weighted by molar-refractivity contribution is 7.92. The van der Waals surface area contributed by atoms with Gasteiger partial charge in [-0.15, -0.1) is 6.58 Å². The van der Waals surface area contributed by atoms with Crippen molar-refractivity contribution < 1.29 is 16.8 Å². The van der Waals surface area contributed by atoms with Crippen LogP contribution in [0.4, 0.5) is 5.69 Å². The minimum atomic E-state index is -3.86. The molecule has 0 saturated heterocycles. The number of hydrogen-bond donors (Lipinski definition) is 0. The fourth-order valence-corrected chi connectivity index (χ4v) is 5.57. The van der Waals surface area contributed by atoms with Crippen molar-refractivity contribution >= 4 is 25.7 Å². The van der Waals surface area contributed by atoms with Crippen LogP contribution in [0.1, 0.15) is 13.8 Å². The van der Waals surface area contributed by atoms with E-state index in [1.54, 1.807) is 44.2 Å². The standard InChI is InChI=1S/C19H24N2O4S2/c1-4-16-21(17-10-8-7-9-11-17)27(24,25)19-14-12-18(13-15-19)26(22,23)20(5-2)6-3/h4,7-15H,1,5-6,16H2,2-3H3. The summed E-state index contributed by atoms with van der Waals surface area (Å²) in [4.78, 5) is 0.0897. The number of benzene rings is 2. The molecule has 0 amide bonds. The van der Waals surface area contributed by atoms with Crippen molar-refractivity contribution in [3.8, 4) is 0 Å². The zero-order valence-electron chi connectivity index (χ0n) is 15.4. The minimum Gasteiger partial charge on any atom is -0.263 e. The Hall–Kier alpha value is -2.16. The maximum absolute atomic E-state index is 13.0. The first kappa shape index (κ1) is 21.1. The third-order valence-electron chi connectivity index (χ3n) is 4.09. The SMILES string of the molecule is C=CCN(c1ccccc1)S(=O)(=O)c1ccc(S(=O)(=O)N(CC)CC)cc1. The molecule has 0 fully saturated rings. The maximum Gasteiger partial charge on any atom is 0.264 e. The van der Waals surface area contributed by atoms with Crippen LogP contribution in [-0.2, 0) is 20.0 Å². The van der Waals surface area contributed by atoms with Gasteiger partial charge in [-0.05, 0) is 36.4 Å². The molecule has 0 aliphatic rings. The Morgan fingerprint density at radius 3 is 1.74 bits per heavy atom. The van der Waals surface area contributed by atoms with E-state index in [2.05, 4.69) is 6.58 Å². The molecule has 0 radical (unpaired) electrons. The van der Waals surface area contributed by atoms with Crippen molar-refractivity contribution in [2.45, 2.75) is 23.6 Å². The molecule has 0 heterocycles. The van der Waals surface area contributed by atoms with Crippen LogP contribution in [0.3, 0.4) is 0 Å². The quantitative estimate of drug-likeness (QED) is 0.598. The fourth-order valence-electron chi connectivity index (χ4n) is 2.68. The van der Waals surface area contributed by atoms with Gasteiger partial charge in [0.2, 0.25) is 10.0 Å². The Morgan fingerprint density at radius 1 is 0.815 bits per heavy atom. The first-order valence-electron chi connectivity index (χ1n) is 8.58. The Morgan fingerprint density at radius 2 is 1.30 bits per heavy atom. The topological polar surface area (TPSA) is 74.8 Å². The van der Waals surface area contributed by atoms with Crippen molar-refractivity contribution in [1.82, 2.24) is 4.31 Å². The molecule has 2 aromatic rings. The van der Waals surface area contributed by atoms with Crippen LogP contribution in [0.25, 0.3) is 0 Å². The van der Waals surface area contributed by atoms with E-state index in [9.17, 15) is 16.8 Å². The number of rotatable bonds is 9. The molecule has 0 atom stereocenters. The van der Waals surface area contributed by atoms with Crippen molar-refractivity contribution in [2.75, 3.05) is 23.9 Å². The van der Waals surface area contributed by atoms with E-state index in [1.807, 2.05) is 0 Å². The lowest BCUT2D eigenvalue weighted by Gasteiger charge is -2.23. The van der Waals surface area contributed by atoms with Crippen LogP contribution in [0.15, 0.2) is 77.0 Å². The Kier molecular flexibility index (Phi) is 6.80. The second-order valence-electron chi connectivity index (χ2n) is 5.72. The summed E-state index contributed by atoms with van der Waals surface area (Å²) in [6.45, 7) is 7.94. The smallest absolute Gasteiger partial charge is 0.263 e. The molecule has 6 nitrogen and oxygen atoms in total. The van der Waals surface area contributed by atoms with Crippen molar-refractivity contribution in [3.63, 3.8) is 0 Å². The second-order valence-corrected chi connectivity index (χ2v) is 9.52. The van der Waals surface area contributed by atoms with E-state index in [0.29, 0.717) is 18.8 Å². The van der Waals surface area contributed by atoms with Gasteiger partial charge in [0.1, 0.15) is 0 Å². The van der Waals surface area contributed by atoms with Crippen LogP contribution >= 0.6 is 0 Å². The summed E-state index contributed by atoms with van der Waals surface area (Å²) in [6, 6.07) is 14.0. The maximum atomic E-state index is 13.0. The Bertz CT molecular complexity index is 966. The van der Waals surface area contributed by atoms with Crippen LogP contribution in [0.5, 0.6) is 0 Å². The molecular formula is C19H24N2O4S2. The van der Waals surface area contributed by atoms with E-state index in [-0.39, 0.29) is 16.3 Å². The highest BCUT2D eigenvalue weighted by Gasteiger charge is 2.26. The largest absolute Gasteiger partial charge is 0.264 e. The summed E-state index contributed by atoms with van der Waals surface area (Å²) in [6.07, 6.45) is 1.50. The lowest BCUT2D eigenvalue weighted by Crippen LogP contribution is -2.32. The number of nitrogens with zero attached hydrogens (tertiary/aromatic N) is 2. The highest BCUT2D eigenvalue weighted by atomic mass is 32.2.